The fourth-order valence-electron chi connectivity index (χ4n) is 4.29. The maximum absolute atomic E-state index is 13.5. The van der Waals surface area contributed by atoms with Crippen LogP contribution < -0.4 is 10.1 Å². The molecule has 7 nitrogen and oxygen atoms in total. The number of aromatic nitrogens is 2. The number of carbonyl (C=O) groups excluding carboxylic acids is 1. The lowest BCUT2D eigenvalue weighted by Gasteiger charge is -2.39. The molecule has 1 aromatic heterocycles. The Morgan fingerprint density at radius 3 is 2.76 bits per heavy atom. The van der Waals surface area contributed by atoms with E-state index in [2.05, 4.69) is 15.3 Å². The minimum atomic E-state index is -0.296. The summed E-state index contributed by atoms with van der Waals surface area (Å²) in [5.74, 6) is 0.851. The van der Waals surface area contributed by atoms with Crippen LogP contribution in [0.1, 0.15) is 29.3 Å². The Morgan fingerprint density at radius 2 is 2.03 bits per heavy atom. The van der Waals surface area contributed by atoms with Crippen LogP contribution in [0.5, 0.6) is 5.75 Å². The number of nitrogens with one attached hydrogen (secondary N) is 1. The van der Waals surface area contributed by atoms with Gasteiger partial charge in [0.05, 0.1) is 37.4 Å². The summed E-state index contributed by atoms with van der Waals surface area (Å²) in [6.07, 6.45) is 6.24. The second-order valence-electron chi connectivity index (χ2n) is 8.12. The number of imidazole rings is 1. The predicted octanol–water partition coefficient (Wildman–Crippen LogP) is 3.64. The molecule has 1 amide bonds. The molecule has 2 aliphatic rings. The molecular formula is C25H24FN5O2. The third kappa shape index (κ3) is 4.00. The van der Waals surface area contributed by atoms with E-state index in [0.29, 0.717) is 30.4 Å². The van der Waals surface area contributed by atoms with Crippen molar-refractivity contribution in [3.05, 3.63) is 83.2 Å². The number of hydrogen-bond acceptors (Lipinski definition) is 5. The number of ether oxygens (including phenoxy) is 1. The minimum absolute atomic E-state index is 0.102. The SMILES string of the molecule is COc1cc(C=C2CN=C3NCCC(c4ccc(F)cc4)N3C2=O)ccc1-n1cnc(C)c1. The molecule has 33 heavy (non-hydrogen) atoms. The first-order chi connectivity index (χ1) is 16.0. The van der Waals surface area contributed by atoms with Crippen molar-refractivity contribution in [3.8, 4) is 11.4 Å². The zero-order valence-corrected chi connectivity index (χ0v) is 18.5. The van der Waals surface area contributed by atoms with Crippen LogP contribution in [0.4, 0.5) is 4.39 Å². The van der Waals surface area contributed by atoms with E-state index in [9.17, 15) is 9.18 Å². The topological polar surface area (TPSA) is 71.8 Å². The number of hydrogen-bond donors (Lipinski definition) is 1. The fraction of sp³-hybridized carbons (Fsp3) is 0.240. The van der Waals surface area contributed by atoms with Gasteiger partial charge in [-0.2, -0.15) is 0 Å². The van der Waals surface area contributed by atoms with Gasteiger partial charge in [0.25, 0.3) is 5.91 Å². The maximum Gasteiger partial charge on any atom is 0.258 e. The van der Waals surface area contributed by atoms with Crippen molar-refractivity contribution in [1.29, 1.82) is 0 Å². The summed E-state index contributed by atoms with van der Waals surface area (Å²) >= 11 is 0. The highest BCUT2D eigenvalue weighted by atomic mass is 19.1. The summed E-state index contributed by atoms with van der Waals surface area (Å²) in [5, 5.41) is 3.22. The largest absolute Gasteiger partial charge is 0.495 e. The second kappa shape index (κ2) is 8.54. The number of halogens is 1. The third-order valence-electron chi connectivity index (χ3n) is 5.92. The average Bonchev–Trinajstić information content (AvgIpc) is 3.27. The van der Waals surface area contributed by atoms with Gasteiger partial charge < -0.3 is 14.6 Å². The number of aliphatic imine (C=N–C) groups is 1. The molecule has 0 bridgehead atoms. The molecule has 3 aromatic rings. The number of benzene rings is 2. The standard InChI is InChI=1S/C25H24FN5O2/c1-16-14-30(15-29-16)22-8-3-17(12-23(22)33-2)11-19-13-28-25-27-10-9-21(31(25)24(19)32)18-4-6-20(26)7-5-18/h3-8,11-12,14-15,21H,9-10,13H2,1-2H3,(H,27,28). The molecule has 0 radical (unpaired) electrons. The van der Waals surface area contributed by atoms with E-state index >= 15 is 0 Å². The van der Waals surface area contributed by atoms with Crippen LogP contribution in [0.2, 0.25) is 0 Å². The number of amides is 1. The van der Waals surface area contributed by atoms with Crippen molar-refractivity contribution in [2.75, 3.05) is 20.2 Å². The summed E-state index contributed by atoms with van der Waals surface area (Å²) in [4.78, 5) is 24.0. The number of guanidine groups is 1. The number of carbonyl (C=O) groups is 1. The molecule has 1 unspecified atom stereocenters. The normalized spacial score (nSPS) is 19.2. The number of fused-ring (bicyclic) bond motifs is 1. The smallest absolute Gasteiger partial charge is 0.258 e. The Morgan fingerprint density at radius 1 is 1.21 bits per heavy atom. The van der Waals surface area contributed by atoms with Crippen molar-refractivity contribution in [3.63, 3.8) is 0 Å². The summed E-state index contributed by atoms with van der Waals surface area (Å²) in [7, 11) is 1.62. The zero-order valence-electron chi connectivity index (χ0n) is 18.5. The van der Waals surface area contributed by atoms with E-state index in [4.69, 9.17) is 4.74 Å². The molecule has 2 aliphatic heterocycles. The highest BCUT2D eigenvalue weighted by Crippen LogP contribution is 2.32. The lowest BCUT2D eigenvalue weighted by molar-refractivity contribution is -0.126. The fourth-order valence-corrected chi connectivity index (χ4v) is 4.29. The molecule has 1 atom stereocenters. The van der Waals surface area contributed by atoms with Gasteiger partial charge in [0.15, 0.2) is 0 Å². The number of aryl methyl sites for hydroxylation is 1. The van der Waals surface area contributed by atoms with E-state index < -0.39 is 0 Å². The molecule has 0 saturated carbocycles. The van der Waals surface area contributed by atoms with Gasteiger partial charge in [0.1, 0.15) is 11.6 Å². The molecule has 168 valence electrons. The first-order valence-electron chi connectivity index (χ1n) is 10.8. The highest BCUT2D eigenvalue weighted by Gasteiger charge is 2.36. The van der Waals surface area contributed by atoms with E-state index in [1.165, 1.54) is 12.1 Å². The van der Waals surface area contributed by atoms with Gasteiger partial charge in [-0.3, -0.25) is 9.69 Å². The van der Waals surface area contributed by atoms with Crippen LogP contribution in [0, 0.1) is 12.7 Å². The number of nitrogens with zero attached hydrogens (tertiary/aromatic N) is 4. The van der Waals surface area contributed by atoms with Gasteiger partial charge >= 0.3 is 0 Å². The molecule has 8 heteroatoms. The molecular weight excluding hydrogens is 421 g/mol. The van der Waals surface area contributed by atoms with Crippen LogP contribution in [-0.4, -0.2) is 46.5 Å². The van der Waals surface area contributed by atoms with E-state index in [-0.39, 0.29) is 17.8 Å². The van der Waals surface area contributed by atoms with Crippen LogP contribution in [0.15, 0.2) is 65.6 Å². The molecule has 0 aliphatic carbocycles. The van der Waals surface area contributed by atoms with Crippen LogP contribution >= 0.6 is 0 Å². The van der Waals surface area contributed by atoms with Crippen molar-refractivity contribution >= 4 is 17.9 Å². The minimum Gasteiger partial charge on any atom is -0.495 e. The van der Waals surface area contributed by atoms with E-state index in [1.807, 2.05) is 42.0 Å². The van der Waals surface area contributed by atoms with Gasteiger partial charge in [0, 0.05) is 18.3 Å². The van der Waals surface area contributed by atoms with Gasteiger partial charge in [-0.1, -0.05) is 18.2 Å². The van der Waals surface area contributed by atoms with Gasteiger partial charge in [-0.25, -0.2) is 14.4 Å². The molecule has 1 saturated heterocycles. The van der Waals surface area contributed by atoms with Crippen molar-refractivity contribution in [2.45, 2.75) is 19.4 Å². The Bertz CT molecular complexity index is 1260. The highest BCUT2D eigenvalue weighted by molar-refractivity contribution is 6.10. The number of methoxy groups -OCH3 is 1. The van der Waals surface area contributed by atoms with Crippen LogP contribution in [0.3, 0.4) is 0 Å². The lowest BCUT2D eigenvalue weighted by atomic mass is 9.98. The summed E-state index contributed by atoms with van der Waals surface area (Å²) in [5.41, 5.74) is 4.10. The average molecular weight is 445 g/mol. The molecule has 1 N–H and O–H groups in total. The van der Waals surface area contributed by atoms with Crippen LogP contribution in [-0.2, 0) is 4.79 Å². The third-order valence-corrected chi connectivity index (χ3v) is 5.92. The second-order valence-corrected chi connectivity index (χ2v) is 8.12. The van der Waals surface area contributed by atoms with Crippen molar-refractivity contribution in [2.24, 2.45) is 4.99 Å². The Kier molecular flexibility index (Phi) is 5.42. The van der Waals surface area contributed by atoms with Gasteiger partial charge in [0.2, 0.25) is 5.96 Å². The first kappa shape index (κ1) is 20.9. The molecule has 3 heterocycles. The summed E-state index contributed by atoms with van der Waals surface area (Å²) < 4.78 is 20.9. The molecule has 2 aromatic carbocycles. The lowest BCUT2D eigenvalue weighted by Crippen LogP contribution is -2.54. The van der Waals surface area contributed by atoms with E-state index in [1.54, 1.807) is 30.5 Å². The van der Waals surface area contributed by atoms with Gasteiger partial charge in [-0.05, 0) is 54.8 Å². The predicted molar refractivity (Wildman–Crippen MR) is 124 cm³/mol. The van der Waals surface area contributed by atoms with Crippen molar-refractivity contribution < 1.29 is 13.9 Å². The molecule has 0 spiro atoms. The van der Waals surface area contributed by atoms with Crippen molar-refractivity contribution in [1.82, 2.24) is 19.8 Å². The zero-order chi connectivity index (χ0) is 22.9. The van der Waals surface area contributed by atoms with Crippen LogP contribution in [0.25, 0.3) is 11.8 Å². The molecule has 5 rings (SSSR count). The maximum atomic E-state index is 13.5. The monoisotopic (exact) mass is 445 g/mol. The molecule has 1 fully saturated rings. The quantitative estimate of drug-likeness (QED) is 0.623. The summed E-state index contributed by atoms with van der Waals surface area (Å²) in [6.45, 7) is 2.93. The summed E-state index contributed by atoms with van der Waals surface area (Å²) in [6, 6.07) is 11.9. The Balaban J connectivity index is 1.46. The number of rotatable bonds is 4. The van der Waals surface area contributed by atoms with E-state index in [0.717, 1.165) is 28.9 Å². The first-order valence-corrected chi connectivity index (χ1v) is 10.8. The van der Waals surface area contributed by atoms with Gasteiger partial charge in [-0.15, -0.1) is 0 Å². The Labute approximate surface area is 191 Å². The Hall–Kier alpha value is -3.94.